The molecule has 8 nitrogen and oxygen atoms in total. The molecule has 1 saturated heterocycles. The number of ether oxygens (including phenoxy) is 3. The lowest BCUT2D eigenvalue weighted by Gasteiger charge is -2.62. The van der Waals surface area contributed by atoms with Crippen molar-refractivity contribution in [2.75, 3.05) is 13.2 Å². The summed E-state index contributed by atoms with van der Waals surface area (Å²) in [6.07, 6.45) is 10.6. The van der Waals surface area contributed by atoms with Crippen molar-refractivity contribution >= 4 is 5.97 Å². The molecule has 0 radical (unpaired) electrons. The number of aliphatic hydroxyl groups is 4. The second kappa shape index (κ2) is 11.3. The van der Waals surface area contributed by atoms with Gasteiger partial charge < -0.3 is 34.6 Å². The SMILES string of the molecule is CC(=O)OC(C)(C)C/C=C/[C@@H](C)[C@H]1CC[C@H]2[C@@H]3C[C@H]4CC45C[C@@H](O[C@H]4OC[C@H](O)[C@H](O)[C@H]4O)CC[C@]5(CO)[C@H]3CC[C@]12C. The van der Waals surface area contributed by atoms with Gasteiger partial charge >= 0.3 is 5.97 Å². The average molecular weight is 605 g/mol. The van der Waals surface area contributed by atoms with Gasteiger partial charge in [0, 0.05) is 25.4 Å². The summed E-state index contributed by atoms with van der Waals surface area (Å²) >= 11 is 0. The van der Waals surface area contributed by atoms with Crippen molar-refractivity contribution in [3.63, 3.8) is 0 Å². The minimum Gasteiger partial charge on any atom is -0.460 e. The van der Waals surface area contributed by atoms with Gasteiger partial charge in [0.05, 0.1) is 12.7 Å². The zero-order valence-corrected chi connectivity index (χ0v) is 26.9. The molecule has 0 aromatic heterocycles. The second-order valence-electron chi connectivity index (χ2n) is 16.3. The van der Waals surface area contributed by atoms with E-state index in [-0.39, 0.29) is 36.1 Å². The summed E-state index contributed by atoms with van der Waals surface area (Å²) in [6, 6.07) is 0. The van der Waals surface area contributed by atoms with Crippen LogP contribution in [0.15, 0.2) is 12.2 Å². The minimum absolute atomic E-state index is 0.0461. The molecule has 14 atom stereocenters. The van der Waals surface area contributed by atoms with Gasteiger partial charge in [-0.15, -0.1) is 0 Å². The van der Waals surface area contributed by atoms with Crippen molar-refractivity contribution in [2.24, 2.45) is 51.8 Å². The fourth-order valence-corrected chi connectivity index (χ4v) is 11.7. The largest absolute Gasteiger partial charge is 0.460 e. The maximum absolute atomic E-state index is 11.5. The van der Waals surface area contributed by atoms with Gasteiger partial charge in [0.25, 0.3) is 0 Å². The summed E-state index contributed by atoms with van der Waals surface area (Å²) < 4.78 is 17.3. The Morgan fingerprint density at radius 1 is 1.07 bits per heavy atom. The zero-order chi connectivity index (χ0) is 30.9. The number of hydrogen-bond donors (Lipinski definition) is 4. The van der Waals surface area contributed by atoms with Crippen LogP contribution in [0.25, 0.3) is 0 Å². The van der Waals surface area contributed by atoms with Crippen molar-refractivity contribution in [3.8, 4) is 0 Å². The molecule has 8 heteroatoms. The van der Waals surface area contributed by atoms with Crippen LogP contribution in [-0.4, -0.2) is 75.9 Å². The first-order valence-corrected chi connectivity index (χ1v) is 17.1. The van der Waals surface area contributed by atoms with Gasteiger partial charge in [-0.2, -0.15) is 0 Å². The van der Waals surface area contributed by atoms with Crippen LogP contribution in [0.3, 0.4) is 0 Å². The van der Waals surface area contributed by atoms with Gasteiger partial charge in [-0.05, 0) is 118 Å². The lowest BCUT2D eigenvalue weighted by atomic mass is 9.43. The van der Waals surface area contributed by atoms with E-state index in [0.717, 1.165) is 32.1 Å². The Labute approximate surface area is 257 Å². The lowest BCUT2D eigenvalue weighted by Crippen LogP contribution is -2.59. The van der Waals surface area contributed by atoms with Gasteiger partial charge in [0.15, 0.2) is 6.29 Å². The fraction of sp³-hybridized carbons (Fsp3) is 0.914. The topological polar surface area (TPSA) is 126 Å². The monoisotopic (exact) mass is 604 g/mol. The number of aliphatic hydroxyl groups excluding tert-OH is 4. The lowest BCUT2D eigenvalue weighted by molar-refractivity contribution is -0.292. The molecule has 4 N–H and O–H groups in total. The van der Waals surface area contributed by atoms with E-state index in [2.05, 4.69) is 26.0 Å². The van der Waals surface area contributed by atoms with E-state index >= 15 is 0 Å². The maximum atomic E-state index is 11.5. The van der Waals surface area contributed by atoms with Crippen LogP contribution in [0.2, 0.25) is 0 Å². The zero-order valence-electron chi connectivity index (χ0n) is 26.9. The Morgan fingerprint density at radius 2 is 1.84 bits per heavy atom. The quantitative estimate of drug-likeness (QED) is 0.183. The molecular weight excluding hydrogens is 548 g/mol. The highest BCUT2D eigenvalue weighted by Gasteiger charge is 2.75. The number of rotatable bonds is 8. The van der Waals surface area contributed by atoms with Crippen LogP contribution in [0.5, 0.6) is 0 Å². The standard InChI is InChI=1S/C35H56O8/c1-20(7-6-12-32(3,4)43-21(2)37)25-8-9-26-24-15-22-16-35(22)17-23(42-31-30(40)29(39)28(38)18-41-31)10-14-34(35,19-36)27(24)11-13-33(25,26)5/h6-7,20,22-31,36,38-40H,8-19H2,1-5H3/b7-6+/t20-,22+,23+,24+,25-,26+,27+,28+,29+,30-,31-,33-,34+,35?/m1/s1. The first kappa shape index (κ1) is 31.9. The van der Waals surface area contributed by atoms with Gasteiger partial charge in [0.2, 0.25) is 0 Å². The average Bonchev–Trinajstić information content (AvgIpc) is 3.52. The minimum atomic E-state index is -1.27. The molecule has 1 aliphatic heterocycles. The van der Waals surface area contributed by atoms with Crippen LogP contribution in [0, 0.1) is 51.8 Å². The highest BCUT2D eigenvalue weighted by molar-refractivity contribution is 5.66. The van der Waals surface area contributed by atoms with E-state index in [1.54, 1.807) is 0 Å². The third-order valence-electron chi connectivity index (χ3n) is 13.7. The third-order valence-corrected chi connectivity index (χ3v) is 13.7. The Balaban J connectivity index is 1.13. The van der Waals surface area contributed by atoms with Crippen LogP contribution in [-0.2, 0) is 19.0 Å². The highest BCUT2D eigenvalue weighted by Crippen LogP contribution is 2.81. The highest BCUT2D eigenvalue weighted by atomic mass is 16.7. The van der Waals surface area contributed by atoms with Gasteiger partial charge in [-0.1, -0.05) is 26.0 Å². The van der Waals surface area contributed by atoms with Crippen LogP contribution >= 0.6 is 0 Å². The summed E-state index contributed by atoms with van der Waals surface area (Å²) in [7, 11) is 0. The van der Waals surface area contributed by atoms with Crippen LogP contribution < -0.4 is 0 Å². The summed E-state index contributed by atoms with van der Waals surface area (Å²) in [5.41, 5.74) is -0.145. The molecule has 1 spiro atoms. The molecule has 1 unspecified atom stereocenters. The van der Waals surface area contributed by atoms with Crippen molar-refractivity contribution in [1.82, 2.24) is 0 Å². The Bertz CT molecular complexity index is 1080. The van der Waals surface area contributed by atoms with Crippen molar-refractivity contribution in [3.05, 3.63) is 12.2 Å². The molecular formula is C35H56O8. The van der Waals surface area contributed by atoms with E-state index in [1.165, 1.54) is 39.0 Å². The molecule has 6 rings (SSSR count). The van der Waals surface area contributed by atoms with Crippen molar-refractivity contribution in [2.45, 2.75) is 135 Å². The molecule has 0 amide bonds. The van der Waals surface area contributed by atoms with E-state index < -0.39 is 30.2 Å². The molecule has 0 aromatic carbocycles. The van der Waals surface area contributed by atoms with Crippen molar-refractivity contribution < 1.29 is 39.4 Å². The molecule has 6 aliphatic rings. The summed E-state index contributed by atoms with van der Waals surface area (Å²) in [6.45, 7) is 10.5. The third kappa shape index (κ3) is 5.24. The molecule has 1 heterocycles. The second-order valence-corrected chi connectivity index (χ2v) is 16.3. The van der Waals surface area contributed by atoms with Crippen LogP contribution in [0.1, 0.15) is 98.8 Å². The Kier molecular flexibility index (Phi) is 8.42. The van der Waals surface area contributed by atoms with Gasteiger partial charge in [-0.3, -0.25) is 4.79 Å². The summed E-state index contributed by atoms with van der Waals surface area (Å²) in [4.78, 5) is 11.5. The number of carbonyl (C=O) groups excluding carboxylic acids is 1. The number of esters is 1. The van der Waals surface area contributed by atoms with Crippen molar-refractivity contribution in [1.29, 1.82) is 0 Å². The molecule has 5 saturated carbocycles. The molecule has 244 valence electrons. The predicted molar refractivity (Wildman–Crippen MR) is 160 cm³/mol. The smallest absolute Gasteiger partial charge is 0.303 e. The molecule has 0 aromatic rings. The first-order valence-electron chi connectivity index (χ1n) is 17.1. The predicted octanol–water partition coefficient (Wildman–Crippen LogP) is 4.37. The molecule has 5 aliphatic carbocycles. The number of carbonyl (C=O) groups is 1. The van der Waals surface area contributed by atoms with Crippen LogP contribution in [0.4, 0.5) is 0 Å². The number of allylic oxidation sites excluding steroid dienone is 1. The molecule has 6 fully saturated rings. The van der Waals surface area contributed by atoms with E-state index in [4.69, 9.17) is 14.2 Å². The number of fused-ring (bicyclic) bond motifs is 4. The van der Waals surface area contributed by atoms with E-state index in [9.17, 15) is 25.2 Å². The molecule has 43 heavy (non-hydrogen) atoms. The first-order chi connectivity index (χ1) is 20.3. The maximum Gasteiger partial charge on any atom is 0.303 e. The normalized spacial score (nSPS) is 49.9. The summed E-state index contributed by atoms with van der Waals surface area (Å²) in [5.74, 6) is 3.38. The Morgan fingerprint density at radius 3 is 2.56 bits per heavy atom. The summed E-state index contributed by atoms with van der Waals surface area (Å²) in [5, 5.41) is 41.6. The van der Waals surface area contributed by atoms with E-state index in [0.29, 0.717) is 40.9 Å². The Hall–Kier alpha value is -1.03. The van der Waals surface area contributed by atoms with E-state index in [1.807, 2.05) is 13.8 Å². The van der Waals surface area contributed by atoms with Gasteiger partial charge in [-0.25, -0.2) is 0 Å². The van der Waals surface area contributed by atoms with Gasteiger partial charge in [0.1, 0.15) is 23.9 Å². The molecule has 0 bridgehead atoms. The number of hydrogen-bond acceptors (Lipinski definition) is 8. The fourth-order valence-electron chi connectivity index (χ4n) is 11.7.